The Bertz CT molecular complexity index is 2750. The highest BCUT2D eigenvalue weighted by molar-refractivity contribution is 7.99. The number of piperidine rings is 3. The molecule has 10 rings (SSSR count). The summed E-state index contributed by atoms with van der Waals surface area (Å²) >= 11 is 1.48. The number of carbonyl (C=O) groups is 5. The van der Waals surface area contributed by atoms with Crippen molar-refractivity contribution in [2.24, 2.45) is 5.73 Å². The zero-order chi connectivity index (χ0) is 48.4. The fraction of sp³-hybridized carbons (Fsp3) is 0.400. The molecule has 4 saturated heterocycles. The molecule has 5 aliphatic rings. The van der Waals surface area contributed by atoms with Crippen LogP contribution in [0.25, 0.3) is 0 Å². The highest BCUT2D eigenvalue weighted by Crippen LogP contribution is 2.31. The van der Waals surface area contributed by atoms with Crippen molar-refractivity contribution >= 4 is 64.3 Å². The number of hydrogen-bond acceptors (Lipinski definition) is 16. The molecule has 3 aromatic heterocycles. The van der Waals surface area contributed by atoms with E-state index in [-0.39, 0.29) is 54.4 Å². The van der Waals surface area contributed by atoms with Gasteiger partial charge in [-0.05, 0) is 98.7 Å². The first kappa shape index (κ1) is 46.7. The predicted molar refractivity (Wildman–Crippen MR) is 264 cm³/mol. The third-order valence-electron chi connectivity index (χ3n) is 14.0. The lowest BCUT2D eigenvalue weighted by atomic mass is 9.91. The molecular weight excluding hydrogens is 909 g/mol. The monoisotopic (exact) mass is 964 g/mol. The Morgan fingerprint density at radius 2 is 1.56 bits per heavy atom. The predicted octanol–water partition coefficient (Wildman–Crippen LogP) is 3.86. The van der Waals surface area contributed by atoms with Crippen molar-refractivity contribution in [1.29, 1.82) is 0 Å². The molecule has 5 amide bonds. The van der Waals surface area contributed by atoms with Gasteiger partial charge in [-0.1, -0.05) is 30.0 Å². The summed E-state index contributed by atoms with van der Waals surface area (Å²) in [6.45, 7) is 9.58. The molecule has 2 aromatic carbocycles. The summed E-state index contributed by atoms with van der Waals surface area (Å²) < 4.78 is 0. The molecule has 70 heavy (non-hydrogen) atoms. The Morgan fingerprint density at radius 1 is 0.771 bits per heavy atom. The number of amides is 5. The minimum Gasteiger partial charge on any atom is -0.368 e. The average Bonchev–Trinajstić information content (AvgIpc) is 3.70. The largest absolute Gasteiger partial charge is 0.368 e. The van der Waals surface area contributed by atoms with Gasteiger partial charge in [-0.25, -0.2) is 15.0 Å². The van der Waals surface area contributed by atoms with Gasteiger partial charge in [0.1, 0.15) is 22.6 Å². The van der Waals surface area contributed by atoms with E-state index in [4.69, 9.17) is 5.73 Å². The average molecular weight is 965 g/mol. The van der Waals surface area contributed by atoms with Crippen molar-refractivity contribution in [3.8, 4) is 0 Å². The number of pyridine rings is 1. The van der Waals surface area contributed by atoms with E-state index < -0.39 is 11.9 Å². The number of nitrogens with zero attached hydrogens (tertiary/aromatic N) is 10. The van der Waals surface area contributed by atoms with Gasteiger partial charge >= 0.3 is 0 Å². The molecule has 0 aliphatic carbocycles. The number of nitrogens with one attached hydrogen (secondary N) is 3. The maximum Gasteiger partial charge on any atom is 0.276 e. The maximum atomic E-state index is 13.2. The highest BCUT2D eigenvalue weighted by atomic mass is 32.2. The SMILES string of the molecule is CC1(N)CCN(c2cnc(Sc3cccc(NC(=O)c4ccc(N5CCC(N6CCN(c7ccc(C(=O)NCc8ccc9c(c8)CN(C8CCC(=O)NC8=O)C9=O)nc7)CC6)CC5)nn4)c3)cn2)CC1. The molecule has 5 aliphatic heterocycles. The maximum absolute atomic E-state index is 13.2. The van der Waals surface area contributed by atoms with Crippen LogP contribution in [0.1, 0.15) is 87.9 Å². The van der Waals surface area contributed by atoms with Crippen LogP contribution in [0.4, 0.5) is 23.0 Å². The fourth-order valence-corrected chi connectivity index (χ4v) is 10.6. The highest BCUT2D eigenvalue weighted by Gasteiger charge is 2.39. The smallest absolute Gasteiger partial charge is 0.276 e. The summed E-state index contributed by atoms with van der Waals surface area (Å²) in [6, 6.07) is 20.1. The van der Waals surface area contributed by atoms with Crippen molar-refractivity contribution in [2.45, 2.75) is 86.1 Å². The molecular formula is C50H56N14O5S. The normalized spacial score (nSPS) is 19.7. The van der Waals surface area contributed by atoms with Gasteiger partial charge in [0.05, 0.1) is 24.3 Å². The van der Waals surface area contributed by atoms with E-state index in [1.54, 1.807) is 36.7 Å². The van der Waals surface area contributed by atoms with Gasteiger partial charge in [-0.3, -0.25) is 34.2 Å². The number of hydrogen-bond donors (Lipinski definition) is 4. The Kier molecular flexibility index (Phi) is 13.4. The molecule has 4 fully saturated rings. The van der Waals surface area contributed by atoms with Gasteiger partial charge in [0, 0.05) is 99.6 Å². The van der Waals surface area contributed by atoms with Gasteiger partial charge in [-0.15, -0.1) is 10.2 Å². The summed E-state index contributed by atoms with van der Waals surface area (Å²) in [4.78, 5) is 88.9. The van der Waals surface area contributed by atoms with Crippen molar-refractivity contribution < 1.29 is 24.0 Å². The number of rotatable bonds is 12. The Balaban J connectivity index is 0.640. The quantitative estimate of drug-likeness (QED) is 0.130. The zero-order valence-electron chi connectivity index (χ0n) is 39.1. The first-order valence-corrected chi connectivity index (χ1v) is 24.8. The van der Waals surface area contributed by atoms with E-state index in [2.05, 4.69) is 67.6 Å². The number of piperazine rings is 1. The van der Waals surface area contributed by atoms with Crippen LogP contribution in [0, 0.1) is 0 Å². The van der Waals surface area contributed by atoms with Crippen LogP contribution < -0.4 is 36.4 Å². The van der Waals surface area contributed by atoms with Crippen molar-refractivity contribution in [3.05, 3.63) is 113 Å². The lowest BCUT2D eigenvalue weighted by Gasteiger charge is -2.43. The molecule has 8 heterocycles. The van der Waals surface area contributed by atoms with E-state index in [0.29, 0.717) is 29.4 Å². The first-order chi connectivity index (χ1) is 33.9. The minimum atomic E-state index is -0.676. The molecule has 362 valence electrons. The van der Waals surface area contributed by atoms with Crippen molar-refractivity contribution in [2.75, 3.05) is 72.4 Å². The molecule has 0 bridgehead atoms. The molecule has 5 N–H and O–H groups in total. The Hall–Kier alpha value is -7.03. The second kappa shape index (κ2) is 20.1. The van der Waals surface area contributed by atoms with Crippen LogP contribution >= 0.6 is 11.8 Å². The van der Waals surface area contributed by atoms with E-state index >= 15 is 0 Å². The lowest BCUT2D eigenvalue weighted by Crippen LogP contribution is -2.53. The summed E-state index contributed by atoms with van der Waals surface area (Å²) in [7, 11) is 0. The summed E-state index contributed by atoms with van der Waals surface area (Å²) in [6.07, 6.45) is 9.68. The molecule has 1 unspecified atom stereocenters. The number of benzene rings is 2. The second-order valence-corrected chi connectivity index (χ2v) is 20.0. The number of anilines is 4. The third kappa shape index (κ3) is 10.6. The van der Waals surface area contributed by atoms with Crippen LogP contribution in [-0.2, 0) is 22.7 Å². The molecule has 20 heteroatoms. The summed E-state index contributed by atoms with van der Waals surface area (Å²) in [5.74, 6) is -0.0166. The van der Waals surface area contributed by atoms with E-state index in [0.717, 1.165) is 116 Å². The van der Waals surface area contributed by atoms with Crippen LogP contribution in [0.15, 0.2) is 95.2 Å². The van der Waals surface area contributed by atoms with Gasteiger partial charge in [0.2, 0.25) is 11.8 Å². The standard InChI is InChI=1S/C50H56N14O5S/c1-50(51)15-19-63(20-16-50)43-29-54-45(30-53-43)70-37-4-2-3-34(26-37)56-47(67)40-9-11-42(59-58-40)62-17-13-35(14-18-62)60-21-23-61(24-22-60)36-6-8-39(52-28-36)46(66)55-27-32-5-7-38-33(25-32)31-64(49(38)69)41-10-12-44(65)57-48(41)68/h2-9,11,25-26,28-30,35,41H,10,12-24,27,31,51H2,1H3,(H,55,66)(H,56,67)(H,57,65,68). The van der Waals surface area contributed by atoms with Gasteiger partial charge in [0.15, 0.2) is 11.5 Å². The number of fused-ring (bicyclic) bond motifs is 1. The van der Waals surface area contributed by atoms with E-state index in [9.17, 15) is 24.0 Å². The molecule has 0 saturated carbocycles. The second-order valence-electron chi connectivity index (χ2n) is 18.9. The van der Waals surface area contributed by atoms with Gasteiger partial charge in [0.25, 0.3) is 17.7 Å². The number of imide groups is 1. The van der Waals surface area contributed by atoms with Crippen molar-refractivity contribution in [1.82, 2.24) is 45.6 Å². The summed E-state index contributed by atoms with van der Waals surface area (Å²) in [5.41, 5.74) is 10.5. The minimum absolute atomic E-state index is 0.127. The summed E-state index contributed by atoms with van der Waals surface area (Å²) in [5, 5.41) is 17.7. The molecule has 5 aromatic rings. The van der Waals surface area contributed by atoms with Gasteiger partial charge < -0.3 is 36.0 Å². The Labute approximate surface area is 410 Å². The topological polar surface area (TPSA) is 228 Å². The van der Waals surface area contributed by atoms with Crippen LogP contribution in [-0.4, -0.2) is 134 Å². The van der Waals surface area contributed by atoms with E-state index in [1.165, 1.54) is 16.7 Å². The number of aromatic nitrogens is 5. The number of carbonyl (C=O) groups excluding carboxylic acids is 5. The van der Waals surface area contributed by atoms with Crippen LogP contribution in [0.3, 0.4) is 0 Å². The molecule has 19 nitrogen and oxygen atoms in total. The van der Waals surface area contributed by atoms with Gasteiger partial charge in [-0.2, -0.15) is 0 Å². The fourth-order valence-electron chi connectivity index (χ4n) is 9.86. The lowest BCUT2D eigenvalue weighted by molar-refractivity contribution is -0.136. The third-order valence-corrected chi connectivity index (χ3v) is 15.0. The number of nitrogens with two attached hydrogens (primary N) is 1. The Morgan fingerprint density at radius 3 is 2.27 bits per heavy atom. The van der Waals surface area contributed by atoms with Crippen molar-refractivity contribution in [3.63, 3.8) is 0 Å². The van der Waals surface area contributed by atoms with Crippen LogP contribution in [0.5, 0.6) is 0 Å². The van der Waals surface area contributed by atoms with E-state index in [1.807, 2.05) is 48.7 Å². The van der Waals surface area contributed by atoms with Crippen LogP contribution in [0.2, 0.25) is 0 Å². The zero-order valence-corrected chi connectivity index (χ0v) is 39.9. The molecule has 1 atom stereocenters. The molecule has 0 spiro atoms. The first-order valence-electron chi connectivity index (χ1n) is 23.9. The molecule has 0 radical (unpaired) electrons.